The summed E-state index contributed by atoms with van der Waals surface area (Å²) in [6, 6.07) is 0. The van der Waals surface area contributed by atoms with Crippen LogP contribution in [0.2, 0.25) is 0 Å². The quantitative estimate of drug-likeness (QED) is 0.538. The number of hydrogen-bond donors (Lipinski definition) is 1. The zero-order valence-electron chi connectivity index (χ0n) is 5.52. The number of hydrogen-bond acceptors (Lipinski definition) is 1. The lowest BCUT2D eigenvalue weighted by Crippen LogP contribution is -2.13. The Morgan fingerprint density at radius 3 is 2.25 bits per heavy atom. The molecule has 0 unspecified atom stereocenters. The van der Waals surface area contributed by atoms with Crippen molar-refractivity contribution in [3.05, 3.63) is 19.1 Å². The van der Waals surface area contributed by atoms with E-state index in [1.165, 1.54) is 0 Å². The summed E-state index contributed by atoms with van der Waals surface area (Å²) in [6.07, 6.45) is 4.32. The van der Waals surface area contributed by atoms with Gasteiger partial charge >= 0.3 is 0 Å². The van der Waals surface area contributed by atoms with Gasteiger partial charge in [-0.1, -0.05) is 12.2 Å². The highest BCUT2D eigenvalue weighted by molar-refractivity contribution is 4.95. The first kappa shape index (κ1) is 7.70. The molecule has 1 radical (unpaired) electrons. The third-order valence-corrected chi connectivity index (χ3v) is 0.692. The molecule has 47 valence electrons. The summed E-state index contributed by atoms with van der Waals surface area (Å²) in [5, 5.41) is 9.03. The van der Waals surface area contributed by atoms with E-state index < -0.39 is 5.60 Å². The molecule has 0 heterocycles. The van der Waals surface area contributed by atoms with E-state index in [0.717, 1.165) is 6.42 Å². The van der Waals surface area contributed by atoms with Crippen molar-refractivity contribution in [2.75, 3.05) is 0 Å². The van der Waals surface area contributed by atoms with E-state index in [-0.39, 0.29) is 0 Å². The molecule has 1 heteroatoms. The Labute approximate surface area is 51.0 Å². The second-order valence-corrected chi connectivity index (χ2v) is 2.34. The Kier molecular flexibility index (Phi) is 2.77. The molecule has 0 aromatic heterocycles. The van der Waals surface area contributed by atoms with Crippen molar-refractivity contribution in [3.63, 3.8) is 0 Å². The van der Waals surface area contributed by atoms with Crippen LogP contribution in [0.3, 0.4) is 0 Å². The fourth-order valence-electron chi connectivity index (χ4n) is 0.372. The Morgan fingerprint density at radius 2 is 2.12 bits per heavy atom. The van der Waals surface area contributed by atoms with Gasteiger partial charge in [0.1, 0.15) is 0 Å². The van der Waals surface area contributed by atoms with Crippen molar-refractivity contribution in [3.8, 4) is 0 Å². The van der Waals surface area contributed by atoms with Crippen LogP contribution < -0.4 is 0 Å². The molecule has 0 rings (SSSR count). The van der Waals surface area contributed by atoms with Gasteiger partial charge in [0, 0.05) is 0 Å². The molecule has 0 aliphatic heterocycles. The standard InChI is InChI=1S/C7H13O/c1-4-5-6-7(2,3)8/h5-6,8H,1,4H2,2-3H3. The van der Waals surface area contributed by atoms with Gasteiger partial charge in [-0.05, 0) is 27.2 Å². The van der Waals surface area contributed by atoms with Crippen molar-refractivity contribution in [2.45, 2.75) is 25.9 Å². The van der Waals surface area contributed by atoms with Crippen LogP contribution in [0.15, 0.2) is 12.2 Å². The van der Waals surface area contributed by atoms with Crippen molar-refractivity contribution < 1.29 is 5.11 Å². The molecule has 0 aliphatic carbocycles. The van der Waals surface area contributed by atoms with Gasteiger partial charge in [-0.15, -0.1) is 0 Å². The number of rotatable bonds is 2. The smallest absolute Gasteiger partial charge is 0.0771 e. The second kappa shape index (κ2) is 2.88. The molecular weight excluding hydrogens is 100 g/mol. The van der Waals surface area contributed by atoms with E-state index >= 15 is 0 Å². The van der Waals surface area contributed by atoms with Crippen LogP contribution in [0.1, 0.15) is 20.3 Å². The molecule has 0 bridgehead atoms. The molecule has 0 fully saturated rings. The highest BCUT2D eigenvalue weighted by Crippen LogP contribution is 2.01. The number of aliphatic hydroxyl groups is 1. The summed E-state index contributed by atoms with van der Waals surface area (Å²) in [5.74, 6) is 0. The average Bonchev–Trinajstić information content (AvgIpc) is 1.59. The minimum absolute atomic E-state index is 0.669. The zero-order chi connectivity index (χ0) is 6.62. The van der Waals surface area contributed by atoms with Gasteiger partial charge in [-0.3, -0.25) is 0 Å². The highest BCUT2D eigenvalue weighted by atomic mass is 16.3. The summed E-state index contributed by atoms with van der Waals surface area (Å²) in [5.41, 5.74) is -0.669. The Hall–Kier alpha value is -0.300. The summed E-state index contributed by atoms with van der Waals surface area (Å²) in [7, 11) is 0. The Bertz CT molecular complexity index is 76.9. The predicted octanol–water partition coefficient (Wildman–Crippen LogP) is 1.54. The second-order valence-electron chi connectivity index (χ2n) is 2.34. The molecule has 0 aromatic carbocycles. The topological polar surface area (TPSA) is 20.2 Å². The maximum absolute atomic E-state index is 9.03. The Balaban J connectivity index is 3.52. The normalized spacial score (nSPS) is 13.0. The average molecular weight is 113 g/mol. The molecular formula is C7H13O. The van der Waals surface area contributed by atoms with Gasteiger partial charge in [-0.2, -0.15) is 0 Å². The summed E-state index contributed by atoms with van der Waals surface area (Å²) >= 11 is 0. The van der Waals surface area contributed by atoms with Crippen molar-refractivity contribution >= 4 is 0 Å². The molecule has 0 spiro atoms. The minimum atomic E-state index is -0.669. The van der Waals surface area contributed by atoms with Gasteiger partial charge < -0.3 is 5.11 Å². The van der Waals surface area contributed by atoms with E-state index in [2.05, 4.69) is 6.92 Å². The van der Waals surface area contributed by atoms with Gasteiger partial charge in [0.2, 0.25) is 0 Å². The van der Waals surface area contributed by atoms with Crippen LogP contribution in [0, 0.1) is 6.92 Å². The molecule has 1 nitrogen and oxygen atoms in total. The number of allylic oxidation sites excluding steroid dienone is 1. The van der Waals surface area contributed by atoms with Gasteiger partial charge in [0.05, 0.1) is 5.60 Å². The molecule has 0 aromatic rings. The lowest BCUT2D eigenvalue weighted by atomic mass is 10.1. The van der Waals surface area contributed by atoms with E-state index in [1.807, 2.05) is 6.08 Å². The first-order valence-corrected chi connectivity index (χ1v) is 2.75. The van der Waals surface area contributed by atoms with Crippen molar-refractivity contribution in [1.82, 2.24) is 0 Å². The fourth-order valence-corrected chi connectivity index (χ4v) is 0.372. The third-order valence-electron chi connectivity index (χ3n) is 0.692. The maximum atomic E-state index is 9.03. The van der Waals surface area contributed by atoms with Crippen LogP contribution in [-0.2, 0) is 0 Å². The van der Waals surface area contributed by atoms with Crippen LogP contribution in [-0.4, -0.2) is 10.7 Å². The Morgan fingerprint density at radius 1 is 1.62 bits per heavy atom. The van der Waals surface area contributed by atoms with Gasteiger partial charge in [0.15, 0.2) is 0 Å². The SMILES string of the molecule is [CH2]CC=CC(C)(C)O. The summed E-state index contributed by atoms with van der Waals surface area (Å²) < 4.78 is 0. The van der Waals surface area contributed by atoms with Gasteiger partial charge in [0.25, 0.3) is 0 Å². The van der Waals surface area contributed by atoms with E-state index in [0.29, 0.717) is 0 Å². The van der Waals surface area contributed by atoms with Gasteiger partial charge in [-0.25, -0.2) is 0 Å². The largest absolute Gasteiger partial charge is 0.386 e. The maximum Gasteiger partial charge on any atom is 0.0771 e. The molecule has 0 saturated heterocycles. The van der Waals surface area contributed by atoms with E-state index in [9.17, 15) is 0 Å². The van der Waals surface area contributed by atoms with Crippen LogP contribution in [0.5, 0.6) is 0 Å². The first-order chi connectivity index (χ1) is 3.56. The minimum Gasteiger partial charge on any atom is -0.386 e. The van der Waals surface area contributed by atoms with Crippen molar-refractivity contribution in [2.24, 2.45) is 0 Å². The first-order valence-electron chi connectivity index (χ1n) is 2.75. The van der Waals surface area contributed by atoms with E-state index in [1.54, 1.807) is 19.9 Å². The molecule has 0 saturated carbocycles. The van der Waals surface area contributed by atoms with Crippen molar-refractivity contribution in [1.29, 1.82) is 0 Å². The molecule has 1 N–H and O–H groups in total. The highest BCUT2D eigenvalue weighted by Gasteiger charge is 2.03. The molecule has 0 aliphatic rings. The fraction of sp³-hybridized carbons (Fsp3) is 0.571. The zero-order valence-corrected chi connectivity index (χ0v) is 5.52. The summed E-state index contributed by atoms with van der Waals surface area (Å²) in [4.78, 5) is 0. The lowest BCUT2D eigenvalue weighted by molar-refractivity contribution is 0.133. The molecule has 0 atom stereocenters. The molecule has 8 heavy (non-hydrogen) atoms. The van der Waals surface area contributed by atoms with E-state index in [4.69, 9.17) is 5.11 Å². The van der Waals surface area contributed by atoms with Crippen LogP contribution in [0.25, 0.3) is 0 Å². The molecule has 0 amide bonds. The summed E-state index contributed by atoms with van der Waals surface area (Å²) in [6.45, 7) is 7.06. The van der Waals surface area contributed by atoms with Crippen LogP contribution >= 0.6 is 0 Å². The monoisotopic (exact) mass is 113 g/mol. The lowest BCUT2D eigenvalue weighted by Gasteiger charge is -2.09. The predicted molar refractivity (Wildman–Crippen MR) is 35.4 cm³/mol. The van der Waals surface area contributed by atoms with Crippen LogP contribution in [0.4, 0.5) is 0 Å². The third kappa shape index (κ3) is 5.70.